The van der Waals surface area contributed by atoms with Crippen LogP contribution in [0.4, 0.5) is 0 Å². The van der Waals surface area contributed by atoms with Crippen molar-refractivity contribution in [3.8, 4) is 0 Å². The molecule has 4 saturated carbocycles. The number of ether oxygens (including phenoxy) is 1. The fourth-order valence-corrected chi connectivity index (χ4v) is 16.1. The van der Waals surface area contributed by atoms with Crippen molar-refractivity contribution in [2.24, 2.45) is 51.2 Å². The van der Waals surface area contributed by atoms with Gasteiger partial charge in [0.2, 0.25) is 0 Å². The van der Waals surface area contributed by atoms with Crippen LogP contribution in [-0.4, -0.2) is 59.2 Å². The van der Waals surface area contributed by atoms with Crippen molar-refractivity contribution >= 4 is 0 Å². The van der Waals surface area contributed by atoms with Crippen LogP contribution in [-0.2, 0) is 4.74 Å². The molecule has 2 aliphatic heterocycles. The van der Waals surface area contributed by atoms with E-state index in [-0.39, 0.29) is 16.4 Å². The summed E-state index contributed by atoms with van der Waals surface area (Å²) in [6.45, 7) is 14.2. The van der Waals surface area contributed by atoms with Crippen molar-refractivity contribution in [3.05, 3.63) is 35.5 Å². The molecule has 4 nitrogen and oxygen atoms in total. The van der Waals surface area contributed by atoms with Crippen LogP contribution in [0.15, 0.2) is 35.5 Å². The maximum atomic E-state index is 9.70. The van der Waals surface area contributed by atoms with E-state index in [2.05, 4.69) is 56.9 Å². The van der Waals surface area contributed by atoms with Crippen LogP contribution < -0.4 is 0 Å². The highest BCUT2D eigenvalue weighted by Crippen LogP contribution is 2.90. The Labute approximate surface area is 299 Å². The Bertz CT molecular complexity index is 1340. The van der Waals surface area contributed by atoms with Crippen molar-refractivity contribution in [2.45, 2.75) is 161 Å². The Morgan fingerprint density at radius 2 is 1.82 bits per heavy atom. The van der Waals surface area contributed by atoms with Gasteiger partial charge in [-0.25, -0.2) is 0 Å². The van der Waals surface area contributed by atoms with E-state index >= 15 is 0 Å². The first-order valence-corrected chi connectivity index (χ1v) is 21.4. The van der Waals surface area contributed by atoms with Gasteiger partial charge in [-0.15, -0.1) is 0 Å². The Morgan fingerprint density at radius 3 is 2.63 bits per heavy atom. The van der Waals surface area contributed by atoms with Crippen LogP contribution in [0.1, 0.15) is 150 Å². The molecule has 4 heteroatoms. The molecule has 8 rings (SSSR count). The van der Waals surface area contributed by atoms with Crippen molar-refractivity contribution in [2.75, 3.05) is 33.0 Å². The number of rotatable bonds is 15. The van der Waals surface area contributed by atoms with Crippen molar-refractivity contribution < 1.29 is 14.9 Å². The summed E-state index contributed by atoms with van der Waals surface area (Å²) in [7, 11) is 0. The topological polar surface area (TPSA) is 52.7 Å². The summed E-state index contributed by atoms with van der Waals surface area (Å²) in [5.74, 6) is 3.68. The van der Waals surface area contributed by atoms with Gasteiger partial charge in [-0.1, -0.05) is 81.9 Å². The van der Waals surface area contributed by atoms with Gasteiger partial charge in [0.15, 0.2) is 0 Å². The van der Waals surface area contributed by atoms with E-state index in [4.69, 9.17) is 4.74 Å². The van der Waals surface area contributed by atoms with E-state index in [0.29, 0.717) is 35.5 Å². The van der Waals surface area contributed by atoms with Crippen LogP contribution in [0.5, 0.6) is 0 Å². The molecule has 5 fully saturated rings. The highest BCUT2D eigenvalue weighted by atomic mass is 16.5. The molecular formula is C45H71NO3. The lowest BCUT2D eigenvalue weighted by atomic mass is 9.31. The van der Waals surface area contributed by atoms with E-state index in [9.17, 15) is 10.2 Å². The highest BCUT2D eigenvalue weighted by molar-refractivity contribution is 5.54. The summed E-state index contributed by atoms with van der Waals surface area (Å²) >= 11 is 0. The Hall–Kier alpha value is -0.940. The molecule has 0 radical (unpaired) electrons. The largest absolute Gasteiger partial charge is 0.396 e. The predicted molar refractivity (Wildman–Crippen MR) is 200 cm³/mol. The van der Waals surface area contributed by atoms with Gasteiger partial charge < -0.3 is 14.9 Å². The Kier molecular flexibility index (Phi) is 9.22. The zero-order chi connectivity index (χ0) is 34.1. The lowest BCUT2D eigenvalue weighted by Crippen LogP contribution is -2.73. The van der Waals surface area contributed by atoms with Gasteiger partial charge >= 0.3 is 0 Å². The number of allylic oxidation sites excluding steroid dienone is 3. The maximum absolute atomic E-state index is 9.70. The lowest BCUT2D eigenvalue weighted by Gasteiger charge is -2.74. The molecule has 8 aliphatic rings. The van der Waals surface area contributed by atoms with Gasteiger partial charge in [-0.3, -0.25) is 4.90 Å². The van der Waals surface area contributed by atoms with E-state index in [0.717, 1.165) is 49.7 Å². The van der Waals surface area contributed by atoms with Crippen LogP contribution in [0.3, 0.4) is 0 Å². The summed E-state index contributed by atoms with van der Waals surface area (Å²) in [6.07, 6.45) is 35.2. The fourth-order valence-electron chi connectivity index (χ4n) is 16.1. The van der Waals surface area contributed by atoms with Gasteiger partial charge in [0.1, 0.15) is 0 Å². The first-order valence-electron chi connectivity index (χ1n) is 21.4. The summed E-state index contributed by atoms with van der Waals surface area (Å²) in [5, 5.41) is 19.0. The average Bonchev–Trinajstić information content (AvgIpc) is 3.27. The SMILES string of the molecule is CCC(CCCO)CCCCOCCC1CCCC12CC(C)C13CCC(C)=C1CC21C2(C=CCC31C)C=CC1C(CCCO)CCC13CN32. The number of hydrogen-bond acceptors (Lipinski definition) is 4. The van der Waals surface area contributed by atoms with Crippen LogP contribution in [0, 0.1) is 51.2 Å². The van der Waals surface area contributed by atoms with Gasteiger partial charge in [0.05, 0.1) is 5.54 Å². The second-order valence-electron chi connectivity index (χ2n) is 19.2. The molecule has 2 bridgehead atoms. The molecular weight excluding hydrogens is 602 g/mol. The average molecular weight is 674 g/mol. The molecule has 0 aromatic carbocycles. The summed E-state index contributed by atoms with van der Waals surface area (Å²) in [5.41, 5.74) is 5.32. The minimum atomic E-state index is 0.0302. The number of aliphatic hydroxyl groups is 2. The standard InChI is InChI=1S/C45H71NO3/c1-5-35(13-9-26-47)12-6-7-28-49-29-19-37-15-8-21-41(37)30-34(3)44-25-16-33(2)39(44)31-45(41)40(44,4)20-11-22-43(45)24-18-38-36(14-10-27-48)17-23-42(38)32-46(42)43/h11,18,22,24,34-38,47-48H,5-10,12-17,19-21,23,25-32H2,1-4H3. The second-order valence-corrected chi connectivity index (χ2v) is 19.2. The van der Waals surface area contributed by atoms with Crippen LogP contribution in [0.2, 0.25) is 0 Å². The number of aliphatic hydroxyl groups excluding tert-OH is 2. The fraction of sp³-hybridized carbons (Fsp3) is 0.867. The number of nitrogens with zero attached hydrogens (tertiary/aromatic N) is 1. The molecule has 49 heavy (non-hydrogen) atoms. The molecule has 12 unspecified atom stereocenters. The van der Waals surface area contributed by atoms with E-state index < -0.39 is 0 Å². The highest BCUT2D eigenvalue weighted by Gasteiger charge is 2.87. The van der Waals surface area contributed by atoms with E-state index in [1.54, 1.807) is 5.57 Å². The normalized spacial score (nSPS) is 47.6. The third-order valence-corrected chi connectivity index (χ3v) is 18.0. The van der Waals surface area contributed by atoms with Crippen LogP contribution >= 0.6 is 0 Å². The molecule has 274 valence electrons. The third kappa shape index (κ3) is 4.54. The number of unbranched alkanes of at least 4 members (excludes halogenated alkanes) is 1. The van der Waals surface area contributed by atoms with E-state index in [1.807, 2.05) is 5.57 Å². The quantitative estimate of drug-likeness (QED) is 0.103. The molecule has 4 spiro atoms. The van der Waals surface area contributed by atoms with Crippen molar-refractivity contribution in [1.29, 1.82) is 0 Å². The summed E-state index contributed by atoms with van der Waals surface area (Å²) in [6, 6.07) is 0. The zero-order valence-electron chi connectivity index (χ0n) is 31.9. The summed E-state index contributed by atoms with van der Waals surface area (Å²) < 4.78 is 6.54. The van der Waals surface area contributed by atoms with Crippen molar-refractivity contribution in [3.63, 3.8) is 0 Å². The number of hydrogen-bond donors (Lipinski definition) is 2. The van der Waals surface area contributed by atoms with Gasteiger partial charge in [0, 0.05) is 49.3 Å². The van der Waals surface area contributed by atoms with Gasteiger partial charge in [0.25, 0.3) is 0 Å². The van der Waals surface area contributed by atoms with Crippen molar-refractivity contribution in [1.82, 2.24) is 4.90 Å². The minimum Gasteiger partial charge on any atom is -0.396 e. The van der Waals surface area contributed by atoms with E-state index in [1.165, 1.54) is 116 Å². The molecule has 12 atom stereocenters. The van der Waals surface area contributed by atoms with Gasteiger partial charge in [-0.2, -0.15) is 0 Å². The molecule has 2 N–H and O–H groups in total. The maximum Gasteiger partial charge on any atom is 0.0652 e. The summed E-state index contributed by atoms with van der Waals surface area (Å²) in [4.78, 5) is 3.12. The predicted octanol–water partition coefficient (Wildman–Crippen LogP) is 9.80. The minimum absolute atomic E-state index is 0.0302. The third-order valence-electron chi connectivity index (χ3n) is 18.0. The zero-order valence-corrected chi connectivity index (χ0v) is 31.9. The smallest absolute Gasteiger partial charge is 0.0652 e. The lowest BCUT2D eigenvalue weighted by molar-refractivity contribution is -0.231. The second kappa shape index (κ2) is 12.9. The first kappa shape index (κ1) is 35.1. The first-order chi connectivity index (χ1) is 23.8. The molecule has 0 aromatic heterocycles. The molecule has 0 aromatic rings. The molecule has 2 heterocycles. The molecule has 0 amide bonds. The Balaban J connectivity index is 1.09. The monoisotopic (exact) mass is 674 g/mol. The number of fused-ring (bicyclic) bond motifs is 1. The van der Waals surface area contributed by atoms with Crippen LogP contribution in [0.25, 0.3) is 0 Å². The van der Waals surface area contributed by atoms with Gasteiger partial charge in [-0.05, 0) is 144 Å². The molecule has 1 saturated heterocycles. The Morgan fingerprint density at radius 1 is 0.980 bits per heavy atom. The molecule has 6 aliphatic carbocycles.